The number of amides is 1. The van der Waals surface area contributed by atoms with E-state index in [9.17, 15) is 9.59 Å². The molecule has 1 aromatic rings. The molecule has 0 heterocycles. The minimum Gasteiger partial charge on any atom is -0.478 e. The van der Waals surface area contributed by atoms with Crippen LogP contribution >= 0.6 is 0 Å². The third kappa shape index (κ3) is 2.80. The van der Waals surface area contributed by atoms with Crippen LogP contribution in [0.1, 0.15) is 43.6 Å². The van der Waals surface area contributed by atoms with E-state index in [-0.39, 0.29) is 28.2 Å². The van der Waals surface area contributed by atoms with Crippen LogP contribution < -0.4 is 5.32 Å². The first kappa shape index (κ1) is 15.5. The van der Waals surface area contributed by atoms with E-state index in [2.05, 4.69) is 33.0 Å². The molecular formula is C17H23NO3. The molecule has 0 spiro atoms. The average Bonchev–Trinajstić information content (AvgIpc) is 2.80. The number of hydrogen-bond acceptors (Lipinski definition) is 2. The quantitative estimate of drug-likeness (QED) is 0.876. The smallest absolute Gasteiger partial charge is 0.335 e. The number of carboxylic acid groups (broad SMARTS) is 1. The number of nitrogens with one attached hydrogen (secondary N) is 1. The van der Waals surface area contributed by atoms with Crippen molar-refractivity contribution in [3.05, 3.63) is 35.4 Å². The molecule has 1 saturated carbocycles. The number of aromatic carboxylic acids is 1. The summed E-state index contributed by atoms with van der Waals surface area (Å²) < 4.78 is 0. The molecule has 2 rings (SSSR count). The Morgan fingerprint density at radius 3 is 2.33 bits per heavy atom. The number of carboxylic acids is 1. The molecule has 0 radical (unpaired) electrons. The molecule has 0 saturated heterocycles. The van der Waals surface area contributed by atoms with E-state index >= 15 is 0 Å². The van der Waals surface area contributed by atoms with Crippen LogP contribution in [0.4, 0.5) is 0 Å². The number of rotatable bonds is 5. The summed E-state index contributed by atoms with van der Waals surface area (Å²) in [5.74, 6) is -0.780. The van der Waals surface area contributed by atoms with Crippen LogP contribution in [-0.4, -0.2) is 23.5 Å². The Balaban J connectivity index is 1.87. The van der Waals surface area contributed by atoms with Crippen molar-refractivity contribution in [2.75, 3.05) is 6.54 Å². The molecule has 0 aromatic heterocycles. The second-order valence-corrected chi connectivity index (χ2v) is 6.92. The Bertz CT molecular complexity index is 561. The Kier molecular flexibility index (Phi) is 3.83. The van der Waals surface area contributed by atoms with E-state index in [0.717, 1.165) is 5.56 Å². The highest BCUT2D eigenvalue weighted by molar-refractivity contribution is 5.87. The van der Waals surface area contributed by atoms with E-state index in [0.29, 0.717) is 13.0 Å². The predicted molar refractivity (Wildman–Crippen MR) is 81.2 cm³/mol. The topological polar surface area (TPSA) is 66.4 Å². The van der Waals surface area contributed by atoms with Gasteiger partial charge in [0.25, 0.3) is 0 Å². The van der Waals surface area contributed by atoms with Crippen molar-refractivity contribution in [2.45, 2.75) is 34.1 Å². The lowest BCUT2D eigenvalue weighted by atomic mass is 10.0. The van der Waals surface area contributed by atoms with Gasteiger partial charge in [0.2, 0.25) is 5.91 Å². The van der Waals surface area contributed by atoms with Crippen LogP contribution in [-0.2, 0) is 11.2 Å². The predicted octanol–water partition coefficient (Wildman–Crippen LogP) is 2.73. The molecule has 0 bridgehead atoms. The van der Waals surface area contributed by atoms with E-state index in [1.54, 1.807) is 18.2 Å². The van der Waals surface area contributed by atoms with Gasteiger partial charge in [-0.1, -0.05) is 39.8 Å². The zero-order chi connectivity index (χ0) is 15.8. The molecule has 114 valence electrons. The van der Waals surface area contributed by atoms with Crippen LogP contribution in [0.15, 0.2) is 24.3 Å². The minimum atomic E-state index is -0.928. The Morgan fingerprint density at radius 1 is 1.19 bits per heavy atom. The summed E-state index contributed by atoms with van der Waals surface area (Å²) in [4.78, 5) is 23.1. The van der Waals surface area contributed by atoms with E-state index in [1.165, 1.54) is 0 Å². The summed E-state index contributed by atoms with van der Waals surface area (Å²) >= 11 is 0. The second-order valence-electron chi connectivity index (χ2n) is 6.92. The van der Waals surface area contributed by atoms with E-state index in [1.807, 2.05) is 6.07 Å². The Morgan fingerprint density at radius 2 is 1.81 bits per heavy atom. The lowest BCUT2D eigenvalue weighted by molar-refractivity contribution is -0.123. The molecule has 0 aliphatic heterocycles. The maximum atomic E-state index is 12.2. The number of benzene rings is 1. The SMILES string of the molecule is CC1(C)C(C(=O)NCCc2cccc(C(=O)O)c2)C1(C)C. The molecule has 1 aromatic carbocycles. The fraction of sp³-hybridized carbons (Fsp3) is 0.529. The fourth-order valence-electron chi connectivity index (χ4n) is 3.14. The van der Waals surface area contributed by atoms with Crippen molar-refractivity contribution < 1.29 is 14.7 Å². The zero-order valence-corrected chi connectivity index (χ0v) is 13.1. The van der Waals surface area contributed by atoms with Crippen molar-refractivity contribution in [2.24, 2.45) is 16.7 Å². The lowest BCUT2D eigenvalue weighted by Crippen LogP contribution is -2.29. The van der Waals surface area contributed by atoms with Gasteiger partial charge in [0, 0.05) is 12.5 Å². The maximum Gasteiger partial charge on any atom is 0.335 e. The van der Waals surface area contributed by atoms with Crippen LogP contribution in [0, 0.1) is 16.7 Å². The van der Waals surface area contributed by atoms with Crippen LogP contribution in [0.5, 0.6) is 0 Å². The highest BCUT2D eigenvalue weighted by Gasteiger charge is 2.68. The molecule has 4 nitrogen and oxygen atoms in total. The third-order valence-electron chi connectivity index (χ3n) is 5.17. The molecule has 1 amide bonds. The van der Waals surface area contributed by atoms with Crippen molar-refractivity contribution in [1.82, 2.24) is 5.32 Å². The van der Waals surface area contributed by atoms with Crippen molar-refractivity contribution in [3.63, 3.8) is 0 Å². The van der Waals surface area contributed by atoms with Gasteiger partial charge in [-0.05, 0) is 34.9 Å². The zero-order valence-electron chi connectivity index (χ0n) is 13.1. The van der Waals surface area contributed by atoms with E-state index in [4.69, 9.17) is 5.11 Å². The van der Waals surface area contributed by atoms with Gasteiger partial charge in [0.15, 0.2) is 0 Å². The molecule has 1 fully saturated rings. The first-order chi connectivity index (χ1) is 9.68. The van der Waals surface area contributed by atoms with E-state index < -0.39 is 5.97 Å². The summed E-state index contributed by atoms with van der Waals surface area (Å²) in [5, 5.41) is 11.9. The summed E-state index contributed by atoms with van der Waals surface area (Å²) in [5.41, 5.74) is 1.29. The van der Waals surface area contributed by atoms with Gasteiger partial charge in [-0.2, -0.15) is 0 Å². The molecular weight excluding hydrogens is 266 g/mol. The number of carbonyl (C=O) groups excluding carboxylic acids is 1. The van der Waals surface area contributed by atoms with Gasteiger partial charge in [-0.3, -0.25) is 4.79 Å². The Hall–Kier alpha value is -1.84. The molecule has 21 heavy (non-hydrogen) atoms. The molecule has 1 aliphatic rings. The van der Waals surface area contributed by atoms with Gasteiger partial charge in [0.05, 0.1) is 5.56 Å². The van der Waals surface area contributed by atoms with Gasteiger partial charge < -0.3 is 10.4 Å². The summed E-state index contributed by atoms with van der Waals surface area (Å²) in [6.45, 7) is 9.01. The van der Waals surface area contributed by atoms with Gasteiger partial charge in [0.1, 0.15) is 0 Å². The second kappa shape index (κ2) is 5.17. The van der Waals surface area contributed by atoms with Crippen molar-refractivity contribution in [3.8, 4) is 0 Å². The normalized spacial score (nSPS) is 19.0. The van der Waals surface area contributed by atoms with Crippen LogP contribution in [0.2, 0.25) is 0 Å². The van der Waals surface area contributed by atoms with Crippen molar-refractivity contribution >= 4 is 11.9 Å². The van der Waals surface area contributed by atoms with Crippen molar-refractivity contribution in [1.29, 1.82) is 0 Å². The minimum absolute atomic E-state index is 0.0420. The molecule has 0 atom stereocenters. The van der Waals surface area contributed by atoms with Gasteiger partial charge >= 0.3 is 5.97 Å². The first-order valence-electron chi connectivity index (χ1n) is 7.28. The monoisotopic (exact) mass is 289 g/mol. The largest absolute Gasteiger partial charge is 0.478 e. The number of carbonyl (C=O) groups is 2. The first-order valence-corrected chi connectivity index (χ1v) is 7.28. The highest BCUT2D eigenvalue weighted by Crippen LogP contribution is 2.68. The van der Waals surface area contributed by atoms with Gasteiger partial charge in [-0.15, -0.1) is 0 Å². The Labute approximate surface area is 125 Å². The standard InChI is InChI=1S/C17H23NO3/c1-16(2)13(17(16,3)4)14(19)18-9-8-11-6-5-7-12(10-11)15(20)21/h5-7,10,13H,8-9H2,1-4H3,(H,18,19)(H,20,21). The van der Waals surface area contributed by atoms with Gasteiger partial charge in [-0.25, -0.2) is 4.79 Å². The molecule has 4 heteroatoms. The average molecular weight is 289 g/mol. The van der Waals surface area contributed by atoms with Crippen LogP contribution in [0.3, 0.4) is 0 Å². The highest BCUT2D eigenvalue weighted by atomic mass is 16.4. The summed E-state index contributed by atoms with van der Waals surface area (Å²) in [6.07, 6.45) is 0.639. The third-order valence-corrected chi connectivity index (χ3v) is 5.17. The lowest BCUT2D eigenvalue weighted by Gasteiger charge is -2.07. The summed E-state index contributed by atoms with van der Waals surface area (Å²) in [6, 6.07) is 6.83. The summed E-state index contributed by atoms with van der Waals surface area (Å²) in [7, 11) is 0. The molecule has 1 aliphatic carbocycles. The van der Waals surface area contributed by atoms with Crippen LogP contribution in [0.25, 0.3) is 0 Å². The molecule has 2 N–H and O–H groups in total. The maximum absolute atomic E-state index is 12.2. The molecule has 0 unspecified atom stereocenters. The number of hydrogen-bond donors (Lipinski definition) is 2. The fourth-order valence-corrected chi connectivity index (χ4v) is 3.14.